The van der Waals surface area contributed by atoms with Gasteiger partial charge in [0.1, 0.15) is 0 Å². The van der Waals surface area contributed by atoms with E-state index in [9.17, 15) is 14.4 Å². The lowest BCUT2D eigenvalue weighted by molar-refractivity contribution is -0.147. The van der Waals surface area contributed by atoms with Gasteiger partial charge in [0.05, 0.1) is 5.92 Å². The molecule has 3 rings (SSSR count). The van der Waals surface area contributed by atoms with Gasteiger partial charge in [-0.1, -0.05) is 55.0 Å². The molecule has 0 saturated carbocycles. The van der Waals surface area contributed by atoms with Crippen LogP contribution in [-0.4, -0.2) is 42.3 Å². The van der Waals surface area contributed by atoms with Gasteiger partial charge in [-0.15, -0.1) is 0 Å². The standard InChI is InChI=1S/C22H25N3O3/c1-16-8-10-18(11-9-16)14-23-20(26)17(2)15-24-12-13-25(22(28)21(24)27)19-6-4-3-5-7-19/h3-11,17H,12-15H2,1-2H3,(H,23,26)/t17-/m0/s1. The maximum atomic E-state index is 12.5. The van der Waals surface area contributed by atoms with Crippen LogP contribution in [0.2, 0.25) is 0 Å². The molecule has 0 aliphatic carbocycles. The first-order chi connectivity index (χ1) is 13.5. The number of aryl methyl sites for hydroxylation is 1. The number of amides is 3. The number of rotatable bonds is 6. The van der Waals surface area contributed by atoms with E-state index < -0.39 is 17.7 Å². The molecule has 1 heterocycles. The predicted octanol–water partition coefficient (Wildman–Crippen LogP) is 2.12. The molecule has 0 spiro atoms. The molecule has 1 aliphatic heterocycles. The highest BCUT2D eigenvalue weighted by Gasteiger charge is 2.34. The van der Waals surface area contributed by atoms with E-state index in [0.717, 1.165) is 5.56 Å². The van der Waals surface area contributed by atoms with Gasteiger partial charge in [0.2, 0.25) is 5.91 Å². The smallest absolute Gasteiger partial charge is 0.316 e. The van der Waals surface area contributed by atoms with Crippen LogP contribution < -0.4 is 10.2 Å². The second-order valence-electron chi connectivity index (χ2n) is 7.15. The minimum absolute atomic E-state index is 0.133. The fraction of sp³-hybridized carbons (Fsp3) is 0.318. The van der Waals surface area contributed by atoms with E-state index in [2.05, 4.69) is 5.32 Å². The zero-order valence-electron chi connectivity index (χ0n) is 16.2. The van der Waals surface area contributed by atoms with Gasteiger partial charge in [-0.25, -0.2) is 0 Å². The van der Waals surface area contributed by atoms with Crippen molar-refractivity contribution < 1.29 is 14.4 Å². The average Bonchev–Trinajstić information content (AvgIpc) is 2.71. The van der Waals surface area contributed by atoms with E-state index in [1.807, 2.05) is 61.5 Å². The number of piperazine rings is 1. The van der Waals surface area contributed by atoms with Crippen molar-refractivity contribution in [2.45, 2.75) is 20.4 Å². The highest BCUT2D eigenvalue weighted by atomic mass is 16.2. The van der Waals surface area contributed by atoms with Crippen molar-refractivity contribution in [3.05, 3.63) is 65.7 Å². The Morgan fingerprint density at radius 3 is 2.36 bits per heavy atom. The van der Waals surface area contributed by atoms with Crippen molar-refractivity contribution >= 4 is 23.4 Å². The Bertz CT molecular complexity index is 849. The third-order valence-electron chi connectivity index (χ3n) is 4.91. The summed E-state index contributed by atoms with van der Waals surface area (Å²) in [7, 11) is 0. The summed E-state index contributed by atoms with van der Waals surface area (Å²) in [5.41, 5.74) is 2.90. The van der Waals surface area contributed by atoms with Gasteiger partial charge in [-0.2, -0.15) is 0 Å². The summed E-state index contributed by atoms with van der Waals surface area (Å²) >= 11 is 0. The molecule has 0 aromatic heterocycles. The minimum Gasteiger partial charge on any atom is -0.352 e. The molecule has 2 aromatic rings. The molecule has 1 saturated heterocycles. The summed E-state index contributed by atoms with van der Waals surface area (Å²) in [4.78, 5) is 40.3. The fourth-order valence-corrected chi connectivity index (χ4v) is 3.19. The lowest BCUT2D eigenvalue weighted by Gasteiger charge is -2.34. The molecule has 28 heavy (non-hydrogen) atoms. The van der Waals surface area contributed by atoms with Crippen LogP contribution in [0.3, 0.4) is 0 Å². The van der Waals surface area contributed by atoms with Crippen molar-refractivity contribution in [3.63, 3.8) is 0 Å². The number of benzene rings is 2. The van der Waals surface area contributed by atoms with Gasteiger partial charge in [-0.3, -0.25) is 14.4 Å². The molecular formula is C22H25N3O3. The summed E-state index contributed by atoms with van der Waals surface area (Å²) < 4.78 is 0. The largest absolute Gasteiger partial charge is 0.352 e. The Morgan fingerprint density at radius 1 is 1.00 bits per heavy atom. The normalized spacial score (nSPS) is 15.5. The zero-order valence-corrected chi connectivity index (χ0v) is 16.2. The van der Waals surface area contributed by atoms with Gasteiger partial charge in [-0.05, 0) is 24.6 Å². The molecule has 1 N–H and O–H groups in total. The molecular weight excluding hydrogens is 354 g/mol. The van der Waals surface area contributed by atoms with Gasteiger partial charge in [0.15, 0.2) is 0 Å². The van der Waals surface area contributed by atoms with Gasteiger partial charge in [0.25, 0.3) is 0 Å². The number of nitrogens with one attached hydrogen (secondary N) is 1. The van der Waals surface area contributed by atoms with Crippen LogP contribution in [0.4, 0.5) is 5.69 Å². The van der Waals surface area contributed by atoms with Crippen molar-refractivity contribution in [3.8, 4) is 0 Å². The molecule has 6 nitrogen and oxygen atoms in total. The average molecular weight is 379 g/mol. The molecule has 3 amide bonds. The van der Waals surface area contributed by atoms with Crippen LogP contribution in [0.5, 0.6) is 0 Å². The SMILES string of the molecule is Cc1ccc(CNC(=O)[C@@H](C)CN2CCN(c3ccccc3)C(=O)C2=O)cc1. The van der Waals surface area contributed by atoms with E-state index in [1.54, 1.807) is 6.92 Å². The molecule has 0 unspecified atom stereocenters. The predicted molar refractivity (Wildman–Crippen MR) is 108 cm³/mol. The van der Waals surface area contributed by atoms with Crippen molar-refractivity contribution in [1.82, 2.24) is 10.2 Å². The highest BCUT2D eigenvalue weighted by Crippen LogP contribution is 2.18. The minimum atomic E-state index is -0.562. The molecule has 6 heteroatoms. The number of hydrogen-bond donors (Lipinski definition) is 1. The first kappa shape index (κ1) is 19.6. The van der Waals surface area contributed by atoms with Crippen LogP contribution in [0.25, 0.3) is 0 Å². The zero-order chi connectivity index (χ0) is 20.1. The summed E-state index contributed by atoms with van der Waals surface area (Å²) in [5, 5.41) is 2.90. The Balaban J connectivity index is 1.53. The van der Waals surface area contributed by atoms with Gasteiger partial charge >= 0.3 is 11.8 Å². The van der Waals surface area contributed by atoms with Crippen molar-refractivity contribution in [1.29, 1.82) is 0 Å². The number of hydrogen-bond acceptors (Lipinski definition) is 3. The fourth-order valence-electron chi connectivity index (χ4n) is 3.19. The third-order valence-corrected chi connectivity index (χ3v) is 4.91. The molecule has 146 valence electrons. The van der Waals surface area contributed by atoms with E-state index in [4.69, 9.17) is 0 Å². The molecule has 0 bridgehead atoms. The number of anilines is 1. The van der Waals surface area contributed by atoms with E-state index >= 15 is 0 Å². The topological polar surface area (TPSA) is 69.7 Å². The maximum absolute atomic E-state index is 12.5. The van der Waals surface area contributed by atoms with Crippen LogP contribution in [0, 0.1) is 12.8 Å². The third kappa shape index (κ3) is 4.57. The first-order valence-electron chi connectivity index (χ1n) is 9.45. The lowest BCUT2D eigenvalue weighted by atomic mass is 10.1. The van der Waals surface area contributed by atoms with Crippen LogP contribution in [-0.2, 0) is 20.9 Å². The number of para-hydroxylation sites is 1. The summed E-state index contributed by atoms with van der Waals surface area (Å²) in [5.74, 6) is -1.64. The quantitative estimate of drug-likeness (QED) is 0.782. The monoisotopic (exact) mass is 379 g/mol. The van der Waals surface area contributed by atoms with Crippen molar-refractivity contribution in [2.24, 2.45) is 5.92 Å². The van der Waals surface area contributed by atoms with Gasteiger partial charge in [0, 0.05) is 31.9 Å². The summed E-state index contributed by atoms with van der Waals surface area (Å²) in [6, 6.07) is 17.1. The summed E-state index contributed by atoms with van der Waals surface area (Å²) in [6.45, 7) is 5.29. The number of carbonyl (C=O) groups excluding carboxylic acids is 3. The highest BCUT2D eigenvalue weighted by molar-refractivity contribution is 6.41. The first-order valence-corrected chi connectivity index (χ1v) is 9.45. The molecule has 1 aliphatic rings. The van der Waals surface area contributed by atoms with Crippen LogP contribution in [0.1, 0.15) is 18.1 Å². The maximum Gasteiger partial charge on any atom is 0.316 e. The van der Waals surface area contributed by atoms with Gasteiger partial charge < -0.3 is 15.1 Å². The molecule has 1 fully saturated rings. The Hall–Kier alpha value is -3.15. The Labute approximate surface area is 165 Å². The van der Waals surface area contributed by atoms with E-state index in [0.29, 0.717) is 25.3 Å². The van der Waals surface area contributed by atoms with Crippen LogP contribution in [0.15, 0.2) is 54.6 Å². The van der Waals surface area contributed by atoms with E-state index in [-0.39, 0.29) is 12.5 Å². The molecule has 0 radical (unpaired) electrons. The van der Waals surface area contributed by atoms with Crippen LogP contribution >= 0.6 is 0 Å². The summed E-state index contributed by atoms with van der Waals surface area (Å²) in [6.07, 6.45) is 0. The van der Waals surface area contributed by atoms with Crippen molar-refractivity contribution in [2.75, 3.05) is 24.5 Å². The number of nitrogens with zero attached hydrogens (tertiary/aromatic N) is 2. The molecule has 2 aromatic carbocycles. The lowest BCUT2D eigenvalue weighted by Crippen LogP contribution is -2.56. The number of carbonyl (C=O) groups is 3. The second kappa shape index (κ2) is 8.69. The second-order valence-corrected chi connectivity index (χ2v) is 7.15. The Morgan fingerprint density at radius 2 is 1.68 bits per heavy atom. The molecule has 1 atom stereocenters. The van der Waals surface area contributed by atoms with E-state index in [1.165, 1.54) is 15.4 Å². The Kier molecular flexibility index (Phi) is 6.09.